The van der Waals surface area contributed by atoms with E-state index < -0.39 is 0 Å². The van der Waals surface area contributed by atoms with E-state index in [1.807, 2.05) is 37.4 Å². The van der Waals surface area contributed by atoms with Crippen LogP contribution in [0.25, 0.3) is 0 Å². The fourth-order valence-electron chi connectivity index (χ4n) is 2.43. The van der Waals surface area contributed by atoms with Crippen LogP contribution in [0.1, 0.15) is 45.1 Å². The zero-order valence-corrected chi connectivity index (χ0v) is 16.1. The summed E-state index contributed by atoms with van der Waals surface area (Å²) in [4.78, 5) is 23.5. The first-order chi connectivity index (χ1) is 12.0. The van der Waals surface area contributed by atoms with E-state index in [9.17, 15) is 9.59 Å². The van der Waals surface area contributed by atoms with Gasteiger partial charge in [0.05, 0.1) is 0 Å². The lowest BCUT2D eigenvalue weighted by molar-refractivity contribution is -0.149. The molecule has 0 amide bonds. The van der Waals surface area contributed by atoms with Crippen molar-refractivity contribution < 1.29 is 14.3 Å². The first-order valence-electron chi connectivity index (χ1n) is 8.96. The van der Waals surface area contributed by atoms with Crippen LogP contribution in [-0.4, -0.2) is 43.8 Å². The molecule has 5 heteroatoms. The third kappa shape index (κ3) is 10.7. The van der Waals surface area contributed by atoms with Crippen LogP contribution in [0.2, 0.25) is 0 Å². The van der Waals surface area contributed by atoms with Gasteiger partial charge in [-0.15, -0.1) is 0 Å². The molecule has 25 heavy (non-hydrogen) atoms. The van der Waals surface area contributed by atoms with Crippen molar-refractivity contribution in [2.45, 2.75) is 52.2 Å². The molecule has 1 atom stereocenters. The molecule has 2 N–H and O–H groups in total. The van der Waals surface area contributed by atoms with E-state index in [0.717, 1.165) is 44.1 Å². The highest BCUT2D eigenvalue weighted by atomic mass is 16.5. The Morgan fingerprint density at radius 3 is 2.40 bits per heavy atom. The Bertz CT molecular complexity index is 463. The molecule has 5 nitrogen and oxygen atoms in total. The monoisotopic (exact) mass is 350 g/mol. The number of likely N-dealkylation sites (tertiary alicyclic amines) is 1. The maximum absolute atomic E-state index is 11.8. The molecule has 0 spiro atoms. The standard InChI is InChI=1S/C13H17NO2.C6H12O.CH5N/c1-14-9-5-8-12(14)13(15)16-10-11-6-3-2-4-7-11;1-6(2)4-3-5-7;1-2/h2-4,6-7,12H,5,8-10H2,1H3;5-6H,3-4H2,1-2H3;2H2,1H3. The number of benzene rings is 1. The van der Waals surface area contributed by atoms with Crippen molar-refractivity contribution >= 4 is 12.3 Å². The van der Waals surface area contributed by atoms with E-state index in [1.54, 1.807) is 0 Å². The van der Waals surface area contributed by atoms with Crippen LogP contribution in [0.15, 0.2) is 30.3 Å². The minimum Gasteiger partial charge on any atom is -0.460 e. The van der Waals surface area contributed by atoms with Gasteiger partial charge in [-0.25, -0.2) is 0 Å². The lowest BCUT2D eigenvalue weighted by Gasteiger charge is -2.17. The molecule has 0 aromatic heterocycles. The number of rotatable bonds is 6. The van der Waals surface area contributed by atoms with Gasteiger partial charge in [0.15, 0.2) is 0 Å². The summed E-state index contributed by atoms with van der Waals surface area (Å²) in [6, 6.07) is 9.74. The number of carbonyl (C=O) groups is 2. The summed E-state index contributed by atoms with van der Waals surface area (Å²) in [6.07, 6.45) is 4.73. The van der Waals surface area contributed by atoms with Gasteiger partial charge in [0.1, 0.15) is 18.9 Å². The topological polar surface area (TPSA) is 72.6 Å². The van der Waals surface area contributed by atoms with Gasteiger partial charge >= 0.3 is 5.97 Å². The number of nitrogens with zero attached hydrogens (tertiary/aromatic N) is 1. The second-order valence-corrected chi connectivity index (χ2v) is 6.37. The van der Waals surface area contributed by atoms with Crippen LogP contribution in [0.3, 0.4) is 0 Å². The average molecular weight is 351 g/mol. The van der Waals surface area contributed by atoms with Crippen LogP contribution >= 0.6 is 0 Å². The predicted octanol–water partition coefficient (Wildman–Crippen LogP) is 3.02. The third-order valence-corrected chi connectivity index (χ3v) is 3.88. The van der Waals surface area contributed by atoms with Gasteiger partial charge in [0.2, 0.25) is 0 Å². The molecule has 142 valence electrons. The molecule has 1 fully saturated rings. The van der Waals surface area contributed by atoms with Crippen molar-refractivity contribution in [2.75, 3.05) is 20.6 Å². The van der Waals surface area contributed by atoms with E-state index in [4.69, 9.17) is 4.74 Å². The molecule has 1 aromatic carbocycles. The molecule has 1 unspecified atom stereocenters. The summed E-state index contributed by atoms with van der Waals surface area (Å²) >= 11 is 0. The Morgan fingerprint density at radius 2 is 1.96 bits per heavy atom. The fraction of sp³-hybridized carbons (Fsp3) is 0.600. The van der Waals surface area contributed by atoms with Crippen molar-refractivity contribution in [3.05, 3.63) is 35.9 Å². The van der Waals surface area contributed by atoms with E-state index in [1.165, 1.54) is 7.05 Å². The van der Waals surface area contributed by atoms with Crippen molar-refractivity contribution in [1.82, 2.24) is 4.90 Å². The van der Waals surface area contributed by atoms with E-state index in [2.05, 4.69) is 24.5 Å². The minimum absolute atomic E-state index is 0.0382. The summed E-state index contributed by atoms with van der Waals surface area (Å²) < 4.78 is 5.30. The first kappa shape index (κ1) is 23.3. The highest BCUT2D eigenvalue weighted by Crippen LogP contribution is 2.16. The van der Waals surface area contributed by atoms with E-state index in [-0.39, 0.29) is 12.0 Å². The van der Waals surface area contributed by atoms with Crippen LogP contribution < -0.4 is 5.73 Å². The van der Waals surface area contributed by atoms with Crippen LogP contribution in [-0.2, 0) is 20.9 Å². The number of hydrogen-bond donors (Lipinski definition) is 1. The molecule has 1 aromatic rings. The molecular formula is C20H34N2O3. The molecule has 0 aliphatic carbocycles. The molecule has 2 rings (SSSR count). The Kier molecular flexibility index (Phi) is 13.6. The number of nitrogens with two attached hydrogens (primary N) is 1. The highest BCUT2D eigenvalue weighted by Gasteiger charge is 2.28. The number of likely N-dealkylation sites (N-methyl/N-ethyl adjacent to an activating group) is 1. The van der Waals surface area contributed by atoms with Crippen LogP contribution in [0.4, 0.5) is 0 Å². The van der Waals surface area contributed by atoms with Gasteiger partial charge in [-0.1, -0.05) is 44.2 Å². The Labute approximate surface area is 152 Å². The Morgan fingerprint density at radius 1 is 1.32 bits per heavy atom. The predicted molar refractivity (Wildman–Crippen MR) is 102 cm³/mol. The summed E-state index contributed by atoms with van der Waals surface area (Å²) in [6.45, 7) is 5.60. The first-order valence-corrected chi connectivity index (χ1v) is 8.96. The van der Waals surface area contributed by atoms with E-state index in [0.29, 0.717) is 12.5 Å². The van der Waals surface area contributed by atoms with E-state index >= 15 is 0 Å². The fourth-order valence-corrected chi connectivity index (χ4v) is 2.43. The third-order valence-electron chi connectivity index (χ3n) is 3.88. The molecule has 1 heterocycles. The molecule has 1 saturated heterocycles. The summed E-state index contributed by atoms with van der Waals surface area (Å²) in [5.74, 6) is 0.578. The second kappa shape index (κ2) is 14.6. The van der Waals surface area contributed by atoms with Crippen LogP contribution in [0.5, 0.6) is 0 Å². The van der Waals surface area contributed by atoms with Gasteiger partial charge in [-0.2, -0.15) is 0 Å². The lowest BCUT2D eigenvalue weighted by Crippen LogP contribution is -2.34. The molecule has 1 aliphatic rings. The quantitative estimate of drug-likeness (QED) is 0.631. The Balaban J connectivity index is 0.000000544. The Hall–Kier alpha value is -1.72. The number of aldehydes is 1. The molecule has 0 bridgehead atoms. The lowest BCUT2D eigenvalue weighted by atomic mass is 10.1. The largest absolute Gasteiger partial charge is 0.460 e. The molecule has 0 saturated carbocycles. The van der Waals surface area contributed by atoms with Crippen LogP contribution in [0, 0.1) is 5.92 Å². The summed E-state index contributed by atoms with van der Waals surface area (Å²) in [7, 11) is 3.47. The van der Waals surface area contributed by atoms with Gasteiger partial charge in [0.25, 0.3) is 0 Å². The number of ether oxygens (including phenoxy) is 1. The van der Waals surface area contributed by atoms with Gasteiger partial charge in [-0.05, 0) is 51.4 Å². The number of hydrogen-bond acceptors (Lipinski definition) is 5. The summed E-state index contributed by atoms with van der Waals surface area (Å²) in [5.41, 5.74) is 5.54. The number of carbonyl (C=O) groups excluding carboxylic acids is 2. The average Bonchev–Trinajstić information content (AvgIpc) is 3.07. The second-order valence-electron chi connectivity index (χ2n) is 6.37. The molecular weight excluding hydrogens is 316 g/mol. The van der Waals surface area contributed by atoms with Crippen molar-refractivity contribution in [3.63, 3.8) is 0 Å². The smallest absolute Gasteiger partial charge is 0.323 e. The normalized spacial score (nSPS) is 16.3. The zero-order valence-electron chi connectivity index (χ0n) is 16.1. The highest BCUT2D eigenvalue weighted by molar-refractivity contribution is 5.76. The maximum Gasteiger partial charge on any atom is 0.323 e. The van der Waals surface area contributed by atoms with Crippen molar-refractivity contribution in [3.8, 4) is 0 Å². The van der Waals surface area contributed by atoms with Gasteiger partial charge in [0, 0.05) is 6.42 Å². The van der Waals surface area contributed by atoms with Gasteiger partial charge in [-0.3, -0.25) is 9.69 Å². The summed E-state index contributed by atoms with van der Waals surface area (Å²) in [5, 5.41) is 0. The molecule has 0 radical (unpaired) electrons. The van der Waals surface area contributed by atoms with Gasteiger partial charge < -0.3 is 15.3 Å². The van der Waals surface area contributed by atoms with Crippen molar-refractivity contribution in [1.29, 1.82) is 0 Å². The van der Waals surface area contributed by atoms with Crippen molar-refractivity contribution in [2.24, 2.45) is 11.7 Å². The number of esters is 1. The maximum atomic E-state index is 11.8. The SMILES string of the molecule is CC(C)CCC=O.CN.CN1CCCC1C(=O)OCc1ccccc1. The zero-order chi connectivity index (χ0) is 19.1. The minimum atomic E-state index is -0.0937. The molecule has 1 aliphatic heterocycles.